The van der Waals surface area contributed by atoms with Gasteiger partial charge in [0.2, 0.25) is 0 Å². The van der Waals surface area contributed by atoms with Gasteiger partial charge in [0.05, 0.1) is 5.69 Å². The number of hydrogen-bond donors (Lipinski definition) is 0. The Balaban J connectivity index is 1.57. The van der Waals surface area contributed by atoms with Crippen molar-refractivity contribution in [2.45, 2.75) is 19.5 Å². The first-order chi connectivity index (χ1) is 11.0. The molecule has 0 aliphatic carbocycles. The number of hydrogen-bond acceptors (Lipinski definition) is 4. The van der Waals surface area contributed by atoms with Crippen LogP contribution in [-0.4, -0.2) is 51.0 Å². The molecule has 23 heavy (non-hydrogen) atoms. The van der Waals surface area contributed by atoms with Crippen LogP contribution in [0.4, 0.5) is 8.78 Å². The molecule has 124 valence electrons. The molecule has 0 unspecified atom stereocenters. The summed E-state index contributed by atoms with van der Waals surface area (Å²) in [6, 6.07) is 3.76. The standard InChI is InChI=1S/C16H21F2N5/c1-12(15-4-3-13(17)9-16(15)18)23-7-5-22(6-8-23)11-14-10-21(2)20-19-14/h3-4,9-10,12H,5-8,11H2,1-2H3/t12-/m0/s1. The van der Waals surface area contributed by atoms with E-state index in [1.165, 1.54) is 6.07 Å². The smallest absolute Gasteiger partial charge is 0.130 e. The summed E-state index contributed by atoms with van der Waals surface area (Å²) in [5.74, 6) is -1.01. The van der Waals surface area contributed by atoms with Crippen LogP contribution in [0.15, 0.2) is 24.4 Å². The minimum Gasteiger partial charge on any atom is -0.295 e. The highest BCUT2D eigenvalue weighted by Crippen LogP contribution is 2.24. The van der Waals surface area contributed by atoms with Gasteiger partial charge < -0.3 is 0 Å². The lowest BCUT2D eigenvalue weighted by Crippen LogP contribution is -2.46. The largest absolute Gasteiger partial charge is 0.295 e. The Morgan fingerprint density at radius 3 is 2.52 bits per heavy atom. The van der Waals surface area contributed by atoms with Crippen molar-refractivity contribution >= 4 is 0 Å². The Morgan fingerprint density at radius 1 is 1.17 bits per heavy atom. The molecule has 1 aromatic heterocycles. The average Bonchev–Trinajstić information content (AvgIpc) is 2.92. The van der Waals surface area contributed by atoms with E-state index in [0.29, 0.717) is 5.56 Å². The van der Waals surface area contributed by atoms with E-state index in [2.05, 4.69) is 20.1 Å². The van der Waals surface area contributed by atoms with E-state index in [-0.39, 0.29) is 6.04 Å². The molecule has 1 aromatic carbocycles. The first kappa shape index (κ1) is 16.0. The van der Waals surface area contributed by atoms with E-state index in [4.69, 9.17) is 0 Å². The predicted molar refractivity (Wildman–Crippen MR) is 82.6 cm³/mol. The topological polar surface area (TPSA) is 37.2 Å². The summed E-state index contributed by atoms with van der Waals surface area (Å²) in [6.45, 7) is 6.22. The van der Waals surface area contributed by atoms with Crippen LogP contribution in [0, 0.1) is 11.6 Å². The van der Waals surface area contributed by atoms with E-state index in [0.717, 1.165) is 44.5 Å². The minimum atomic E-state index is -0.535. The van der Waals surface area contributed by atoms with Gasteiger partial charge in [-0.2, -0.15) is 0 Å². The quantitative estimate of drug-likeness (QED) is 0.863. The van der Waals surface area contributed by atoms with Gasteiger partial charge in [-0.05, 0) is 13.0 Å². The molecule has 0 amide bonds. The summed E-state index contributed by atoms with van der Waals surface area (Å²) in [5.41, 5.74) is 1.51. The Hall–Kier alpha value is -1.86. The molecule has 0 N–H and O–H groups in total. The maximum absolute atomic E-state index is 13.9. The third-order valence-electron chi connectivity index (χ3n) is 4.40. The lowest BCUT2D eigenvalue weighted by molar-refractivity contribution is 0.0957. The van der Waals surface area contributed by atoms with Crippen molar-refractivity contribution in [1.82, 2.24) is 24.8 Å². The molecule has 1 aliphatic rings. The number of halogens is 2. The van der Waals surface area contributed by atoms with Gasteiger partial charge in [0.1, 0.15) is 11.6 Å². The van der Waals surface area contributed by atoms with E-state index in [1.54, 1.807) is 10.7 Å². The molecule has 0 bridgehead atoms. The van der Waals surface area contributed by atoms with Crippen LogP contribution in [0.2, 0.25) is 0 Å². The predicted octanol–water partition coefficient (Wildman–Crippen LogP) is 1.97. The highest BCUT2D eigenvalue weighted by atomic mass is 19.1. The van der Waals surface area contributed by atoms with Crippen molar-refractivity contribution in [3.8, 4) is 0 Å². The number of benzene rings is 1. The lowest BCUT2D eigenvalue weighted by Gasteiger charge is -2.38. The zero-order chi connectivity index (χ0) is 16.4. The normalized spacial score (nSPS) is 18.3. The zero-order valence-corrected chi connectivity index (χ0v) is 13.4. The van der Waals surface area contributed by atoms with Crippen LogP contribution in [0.1, 0.15) is 24.2 Å². The SMILES string of the molecule is C[C@@H](c1ccc(F)cc1F)N1CCN(Cc2cn(C)nn2)CC1. The van der Waals surface area contributed by atoms with Crippen molar-refractivity contribution in [2.75, 3.05) is 26.2 Å². The molecular weight excluding hydrogens is 300 g/mol. The van der Waals surface area contributed by atoms with Gasteiger partial charge in [-0.1, -0.05) is 11.3 Å². The van der Waals surface area contributed by atoms with Crippen LogP contribution in [0.5, 0.6) is 0 Å². The van der Waals surface area contributed by atoms with Crippen molar-refractivity contribution in [2.24, 2.45) is 7.05 Å². The molecular formula is C16H21F2N5. The summed E-state index contributed by atoms with van der Waals surface area (Å²) >= 11 is 0. The van der Waals surface area contributed by atoms with Gasteiger partial charge in [0.15, 0.2) is 0 Å². The highest BCUT2D eigenvalue weighted by Gasteiger charge is 2.24. The molecule has 7 heteroatoms. The van der Waals surface area contributed by atoms with E-state index >= 15 is 0 Å². The first-order valence-electron chi connectivity index (χ1n) is 7.79. The van der Waals surface area contributed by atoms with Crippen LogP contribution >= 0.6 is 0 Å². The van der Waals surface area contributed by atoms with Gasteiger partial charge in [0.25, 0.3) is 0 Å². The number of aryl methyl sites for hydroxylation is 1. The third-order valence-corrected chi connectivity index (χ3v) is 4.40. The fourth-order valence-corrected chi connectivity index (χ4v) is 3.04. The Kier molecular flexibility index (Phi) is 4.68. The molecule has 1 atom stereocenters. The summed E-state index contributed by atoms with van der Waals surface area (Å²) < 4.78 is 28.7. The molecule has 2 heterocycles. The molecule has 0 radical (unpaired) electrons. The Morgan fingerprint density at radius 2 is 1.91 bits per heavy atom. The van der Waals surface area contributed by atoms with Crippen molar-refractivity contribution in [3.05, 3.63) is 47.3 Å². The molecule has 1 aliphatic heterocycles. The molecule has 0 saturated carbocycles. The van der Waals surface area contributed by atoms with Gasteiger partial charge in [0, 0.05) is 63.6 Å². The second-order valence-electron chi connectivity index (χ2n) is 6.04. The average molecular weight is 321 g/mol. The molecule has 1 fully saturated rings. The van der Waals surface area contributed by atoms with Crippen molar-refractivity contribution < 1.29 is 8.78 Å². The summed E-state index contributed by atoms with van der Waals surface area (Å²) in [4.78, 5) is 4.54. The lowest BCUT2D eigenvalue weighted by atomic mass is 10.1. The van der Waals surface area contributed by atoms with Crippen LogP contribution in [0.3, 0.4) is 0 Å². The van der Waals surface area contributed by atoms with Gasteiger partial charge >= 0.3 is 0 Å². The number of rotatable bonds is 4. The van der Waals surface area contributed by atoms with Crippen LogP contribution in [0.25, 0.3) is 0 Å². The number of aromatic nitrogens is 3. The monoisotopic (exact) mass is 321 g/mol. The summed E-state index contributed by atoms with van der Waals surface area (Å²) in [6.07, 6.45) is 1.92. The Labute approximate surface area is 134 Å². The van der Waals surface area contributed by atoms with Gasteiger partial charge in [-0.3, -0.25) is 14.5 Å². The van der Waals surface area contributed by atoms with Crippen molar-refractivity contribution in [3.63, 3.8) is 0 Å². The second kappa shape index (κ2) is 6.72. The molecule has 5 nitrogen and oxygen atoms in total. The van der Waals surface area contributed by atoms with E-state index < -0.39 is 11.6 Å². The summed E-state index contributed by atoms with van der Waals surface area (Å²) in [7, 11) is 1.85. The maximum Gasteiger partial charge on any atom is 0.130 e. The Bertz CT molecular complexity index is 664. The molecule has 2 aromatic rings. The van der Waals surface area contributed by atoms with Crippen LogP contribution in [-0.2, 0) is 13.6 Å². The summed E-state index contributed by atoms with van der Waals surface area (Å²) in [5, 5.41) is 8.04. The minimum absolute atomic E-state index is 0.0609. The second-order valence-corrected chi connectivity index (χ2v) is 6.04. The molecule has 3 rings (SSSR count). The van der Waals surface area contributed by atoms with Gasteiger partial charge in [-0.25, -0.2) is 8.78 Å². The fourth-order valence-electron chi connectivity index (χ4n) is 3.04. The molecule has 0 spiro atoms. The fraction of sp³-hybridized carbons (Fsp3) is 0.500. The van der Waals surface area contributed by atoms with E-state index in [9.17, 15) is 8.78 Å². The third kappa shape index (κ3) is 3.73. The van der Waals surface area contributed by atoms with Crippen molar-refractivity contribution in [1.29, 1.82) is 0 Å². The number of nitrogens with zero attached hydrogens (tertiary/aromatic N) is 5. The van der Waals surface area contributed by atoms with Gasteiger partial charge in [-0.15, -0.1) is 5.10 Å². The number of piperazine rings is 1. The first-order valence-corrected chi connectivity index (χ1v) is 7.79. The maximum atomic E-state index is 13.9. The van der Waals surface area contributed by atoms with Crippen LogP contribution < -0.4 is 0 Å². The zero-order valence-electron chi connectivity index (χ0n) is 13.4. The van der Waals surface area contributed by atoms with E-state index in [1.807, 2.05) is 20.2 Å². The highest BCUT2D eigenvalue weighted by molar-refractivity contribution is 5.22. The molecule has 1 saturated heterocycles.